The van der Waals surface area contributed by atoms with Crippen LogP contribution in [0.5, 0.6) is 0 Å². The van der Waals surface area contributed by atoms with Crippen LogP contribution in [0.15, 0.2) is 54.6 Å². The molecule has 1 fully saturated rings. The van der Waals surface area contributed by atoms with E-state index in [1.54, 1.807) is 19.1 Å². The highest BCUT2D eigenvalue weighted by molar-refractivity contribution is 5.94. The lowest BCUT2D eigenvalue weighted by Gasteiger charge is -2.18. The summed E-state index contributed by atoms with van der Waals surface area (Å²) in [6.07, 6.45) is 2.54. The van der Waals surface area contributed by atoms with E-state index in [2.05, 4.69) is 49.8 Å². The second kappa shape index (κ2) is 8.31. The molecule has 29 heavy (non-hydrogen) atoms. The summed E-state index contributed by atoms with van der Waals surface area (Å²) in [5.41, 5.74) is 4.63. The topological polar surface area (TPSA) is 70.2 Å². The number of hydrogen-bond donors (Lipinski definition) is 2. The molecular formula is C23H25N5O. The summed E-state index contributed by atoms with van der Waals surface area (Å²) in [4.78, 5) is 22.9. The molecule has 0 radical (unpaired) electrons. The molecular weight excluding hydrogens is 362 g/mol. The molecule has 4 rings (SSSR count). The molecule has 0 aliphatic carbocycles. The predicted octanol–water partition coefficient (Wildman–Crippen LogP) is 5.08. The Hall–Kier alpha value is -3.41. The van der Waals surface area contributed by atoms with Crippen molar-refractivity contribution in [2.24, 2.45) is 0 Å². The predicted molar refractivity (Wildman–Crippen MR) is 118 cm³/mol. The summed E-state index contributed by atoms with van der Waals surface area (Å²) >= 11 is 0. The number of nitrogens with zero attached hydrogens (tertiary/aromatic N) is 3. The molecule has 1 aliphatic heterocycles. The van der Waals surface area contributed by atoms with Crippen molar-refractivity contribution in [3.8, 4) is 0 Å². The smallest absolute Gasteiger partial charge is 0.229 e. The Morgan fingerprint density at radius 1 is 0.897 bits per heavy atom. The molecule has 6 heteroatoms. The van der Waals surface area contributed by atoms with Crippen molar-refractivity contribution in [3.63, 3.8) is 0 Å². The van der Waals surface area contributed by atoms with Gasteiger partial charge in [0.2, 0.25) is 5.95 Å². The number of ketones is 1. The Morgan fingerprint density at radius 2 is 1.52 bits per heavy atom. The fourth-order valence-electron chi connectivity index (χ4n) is 3.48. The van der Waals surface area contributed by atoms with Gasteiger partial charge in [-0.2, -0.15) is 4.98 Å². The van der Waals surface area contributed by atoms with Gasteiger partial charge in [0.15, 0.2) is 5.78 Å². The minimum Gasteiger partial charge on any atom is -0.372 e. The molecule has 0 unspecified atom stereocenters. The van der Waals surface area contributed by atoms with E-state index in [0.29, 0.717) is 17.3 Å². The van der Waals surface area contributed by atoms with Gasteiger partial charge < -0.3 is 15.5 Å². The van der Waals surface area contributed by atoms with Crippen LogP contribution in [0.25, 0.3) is 0 Å². The summed E-state index contributed by atoms with van der Waals surface area (Å²) in [7, 11) is 0. The zero-order valence-corrected chi connectivity index (χ0v) is 16.8. The highest BCUT2D eigenvalue weighted by Gasteiger charge is 2.12. The zero-order chi connectivity index (χ0) is 20.2. The summed E-state index contributed by atoms with van der Waals surface area (Å²) in [5.74, 6) is 1.29. The van der Waals surface area contributed by atoms with Gasteiger partial charge in [-0.05, 0) is 75.2 Å². The summed E-state index contributed by atoms with van der Waals surface area (Å²) < 4.78 is 0. The number of rotatable bonds is 6. The Kier molecular flexibility index (Phi) is 5.42. The number of carbonyl (C=O) groups is 1. The molecule has 3 aromatic rings. The maximum Gasteiger partial charge on any atom is 0.229 e. The van der Waals surface area contributed by atoms with Gasteiger partial charge in [-0.15, -0.1) is 0 Å². The van der Waals surface area contributed by atoms with Crippen LogP contribution < -0.4 is 15.5 Å². The van der Waals surface area contributed by atoms with Gasteiger partial charge in [0.25, 0.3) is 0 Å². The van der Waals surface area contributed by atoms with Crippen molar-refractivity contribution in [1.82, 2.24) is 9.97 Å². The molecule has 1 aromatic heterocycles. The van der Waals surface area contributed by atoms with Crippen LogP contribution in [0.2, 0.25) is 0 Å². The molecule has 148 valence electrons. The molecule has 0 atom stereocenters. The van der Waals surface area contributed by atoms with Crippen molar-refractivity contribution in [3.05, 3.63) is 65.9 Å². The van der Waals surface area contributed by atoms with Crippen molar-refractivity contribution >= 4 is 34.6 Å². The van der Waals surface area contributed by atoms with E-state index in [0.717, 1.165) is 30.2 Å². The quantitative estimate of drug-likeness (QED) is 0.575. The van der Waals surface area contributed by atoms with E-state index >= 15 is 0 Å². The molecule has 0 bridgehead atoms. The van der Waals surface area contributed by atoms with E-state index in [1.807, 2.05) is 25.1 Å². The third-order valence-corrected chi connectivity index (χ3v) is 5.01. The van der Waals surface area contributed by atoms with Gasteiger partial charge in [0.1, 0.15) is 5.82 Å². The van der Waals surface area contributed by atoms with E-state index in [9.17, 15) is 4.79 Å². The zero-order valence-electron chi connectivity index (χ0n) is 16.8. The number of Topliss-reactive ketones (excluding diaryl/α,β-unsaturated/α-hetero) is 1. The van der Waals surface area contributed by atoms with Gasteiger partial charge in [-0.25, -0.2) is 4.98 Å². The second-order valence-corrected chi connectivity index (χ2v) is 7.34. The monoisotopic (exact) mass is 387 g/mol. The van der Waals surface area contributed by atoms with E-state index in [1.165, 1.54) is 18.5 Å². The number of nitrogens with one attached hydrogen (secondary N) is 2. The standard InChI is InChI=1S/C23H25N5O/c1-16-15-22(25-19-7-5-18(6-8-19)17(2)29)27-23(24-16)26-20-9-11-21(12-10-20)28-13-3-4-14-28/h5-12,15H,3-4,13-14H2,1-2H3,(H2,24,25,26,27). The van der Waals surface area contributed by atoms with Crippen LogP contribution in [-0.2, 0) is 0 Å². The Morgan fingerprint density at radius 3 is 2.17 bits per heavy atom. The van der Waals surface area contributed by atoms with E-state index < -0.39 is 0 Å². The molecule has 2 aromatic carbocycles. The van der Waals surface area contributed by atoms with Crippen molar-refractivity contribution < 1.29 is 4.79 Å². The van der Waals surface area contributed by atoms with Gasteiger partial charge >= 0.3 is 0 Å². The highest BCUT2D eigenvalue weighted by atomic mass is 16.1. The average Bonchev–Trinajstić information content (AvgIpc) is 3.23. The Bertz CT molecular complexity index is 993. The van der Waals surface area contributed by atoms with E-state index in [-0.39, 0.29) is 5.78 Å². The number of benzene rings is 2. The number of aryl methyl sites for hydroxylation is 1. The maximum atomic E-state index is 11.4. The minimum atomic E-state index is 0.0525. The normalized spacial score (nSPS) is 13.4. The summed E-state index contributed by atoms with van der Waals surface area (Å²) in [6, 6.07) is 17.6. The molecule has 1 saturated heterocycles. The Balaban J connectivity index is 1.47. The molecule has 6 nitrogen and oxygen atoms in total. The molecule has 1 aliphatic rings. The fraction of sp³-hybridized carbons (Fsp3) is 0.261. The largest absolute Gasteiger partial charge is 0.372 e. The van der Waals surface area contributed by atoms with Crippen LogP contribution in [0, 0.1) is 6.92 Å². The minimum absolute atomic E-state index is 0.0525. The van der Waals surface area contributed by atoms with Crippen LogP contribution in [0.4, 0.5) is 28.8 Å². The first-order chi connectivity index (χ1) is 14.1. The SMILES string of the molecule is CC(=O)c1ccc(Nc2cc(C)nc(Nc3ccc(N4CCCC4)cc3)n2)cc1. The molecule has 0 spiro atoms. The second-order valence-electron chi connectivity index (χ2n) is 7.34. The van der Waals surface area contributed by atoms with Gasteiger partial charge in [0.05, 0.1) is 0 Å². The molecule has 2 heterocycles. The fourth-order valence-corrected chi connectivity index (χ4v) is 3.48. The first-order valence-electron chi connectivity index (χ1n) is 9.92. The van der Waals surface area contributed by atoms with Gasteiger partial charge in [-0.3, -0.25) is 4.79 Å². The lowest BCUT2D eigenvalue weighted by atomic mass is 10.1. The van der Waals surface area contributed by atoms with E-state index in [4.69, 9.17) is 0 Å². The van der Waals surface area contributed by atoms with Crippen LogP contribution in [0.3, 0.4) is 0 Å². The summed E-state index contributed by atoms with van der Waals surface area (Å²) in [5, 5.41) is 6.56. The van der Waals surface area contributed by atoms with Crippen LogP contribution in [-0.4, -0.2) is 28.8 Å². The highest BCUT2D eigenvalue weighted by Crippen LogP contribution is 2.24. The van der Waals surface area contributed by atoms with Gasteiger partial charge in [0, 0.05) is 47.5 Å². The van der Waals surface area contributed by atoms with Crippen LogP contribution >= 0.6 is 0 Å². The number of hydrogen-bond acceptors (Lipinski definition) is 6. The average molecular weight is 387 g/mol. The van der Waals surface area contributed by atoms with Crippen molar-refractivity contribution in [2.45, 2.75) is 26.7 Å². The first kappa shape index (κ1) is 18.9. The number of anilines is 5. The van der Waals surface area contributed by atoms with Crippen LogP contribution in [0.1, 0.15) is 35.8 Å². The number of carbonyl (C=O) groups excluding carboxylic acids is 1. The maximum absolute atomic E-state index is 11.4. The van der Waals surface area contributed by atoms with Gasteiger partial charge in [-0.1, -0.05) is 0 Å². The lowest BCUT2D eigenvalue weighted by Crippen LogP contribution is -2.17. The first-order valence-corrected chi connectivity index (χ1v) is 9.92. The van der Waals surface area contributed by atoms with Crippen molar-refractivity contribution in [1.29, 1.82) is 0 Å². The molecule has 0 amide bonds. The molecule has 2 N–H and O–H groups in total. The lowest BCUT2D eigenvalue weighted by molar-refractivity contribution is 0.101. The third kappa shape index (κ3) is 4.71. The number of aromatic nitrogens is 2. The summed E-state index contributed by atoms with van der Waals surface area (Å²) in [6.45, 7) is 5.77. The molecule has 0 saturated carbocycles. The van der Waals surface area contributed by atoms with Crippen molar-refractivity contribution in [2.75, 3.05) is 28.6 Å². The Labute approximate surface area is 171 Å². The third-order valence-electron chi connectivity index (χ3n) is 5.01.